The smallest absolute Gasteiger partial charge is 0.0710 e. The molecule has 0 saturated carbocycles. The third-order valence-corrected chi connectivity index (χ3v) is 3.82. The van der Waals surface area contributed by atoms with Crippen molar-refractivity contribution in [3.05, 3.63) is 35.4 Å². The summed E-state index contributed by atoms with van der Waals surface area (Å²) in [5.74, 6) is 0.563. The molecule has 0 aromatic heterocycles. The number of benzene rings is 1. The van der Waals surface area contributed by atoms with Crippen LogP contribution < -0.4 is 0 Å². The molecule has 1 unspecified atom stereocenters. The standard InChI is InChI=1S/C16H24O2/c1-13(2)15-6-4-14(5-7-15)12-16(17)8-3-10-18-11-9-16/h4-7,13,17H,3,8-12H2,1-2H3. The van der Waals surface area contributed by atoms with E-state index in [1.807, 2.05) is 0 Å². The first-order valence-corrected chi connectivity index (χ1v) is 6.98. The van der Waals surface area contributed by atoms with Gasteiger partial charge in [-0.25, -0.2) is 0 Å². The van der Waals surface area contributed by atoms with Crippen LogP contribution >= 0.6 is 0 Å². The average molecular weight is 248 g/mol. The highest BCUT2D eigenvalue weighted by Gasteiger charge is 2.28. The number of aliphatic hydroxyl groups is 1. The van der Waals surface area contributed by atoms with Crippen molar-refractivity contribution in [3.63, 3.8) is 0 Å². The zero-order valence-corrected chi connectivity index (χ0v) is 11.5. The Labute approximate surface area is 110 Å². The lowest BCUT2D eigenvalue weighted by Gasteiger charge is -2.26. The van der Waals surface area contributed by atoms with Crippen molar-refractivity contribution in [2.75, 3.05) is 13.2 Å². The first-order valence-electron chi connectivity index (χ1n) is 6.98. The summed E-state index contributed by atoms with van der Waals surface area (Å²) in [5, 5.41) is 10.6. The van der Waals surface area contributed by atoms with E-state index in [0.717, 1.165) is 32.3 Å². The Morgan fingerprint density at radius 2 is 1.89 bits per heavy atom. The molecule has 1 aromatic rings. The zero-order valence-electron chi connectivity index (χ0n) is 11.5. The molecular weight excluding hydrogens is 224 g/mol. The van der Waals surface area contributed by atoms with Gasteiger partial charge in [-0.05, 0) is 36.3 Å². The second kappa shape index (κ2) is 5.85. The molecular formula is C16H24O2. The maximum absolute atomic E-state index is 10.6. The minimum Gasteiger partial charge on any atom is -0.389 e. The highest BCUT2D eigenvalue weighted by molar-refractivity contribution is 5.25. The molecule has 0 bridgehead atoms. The van der Waals surface area contributed by atoms with Crippen LogP contribution in [-0.2, 0) is 11.2 Å². The molecule has 2 rings (SSSR count). The first-order chi connectivity index (χ1) is 8.59. The molecule has 2 heteroatoms. The van der Waals surface area contributed by atoms with Crippen molar-refractivity contribution in [1.29, 1.82) is 0 Å². The molecule has 1 aromatic carbocycles. The van der Waals surface area contributed by atoms with Crippen molar-refractivity contribution in [2.45, 2.75) is 51.0 Å². The number of hydrogen-bond donors (Lipinski definition) is 1. The van der Waals surface area contributed by atoms with E-state index in [-0.39, 0.29) is 0 Å². The molecule has 0 aliphatic carbocycles. The molecule has 1 aliphatic rings. The zero-order chi connectivity index (χ0) is 13.0. The molecule has 1 saturated heterocycles. The van der Waals surface area contributed by atoms with E-state index in [1.54, 1.807) is 0 Å². The Morgan fingerprint density at radius 3 is 2.56 bits per heavy atom. The highest BCUT2D eigenvalue weighted by atomic mass is 16.5. The second-order valence-electron chi connectivity index (χ2n) is 5.76. The normalized spacial score (nSPS) is 25.1. The Bertz CT molecular complexity index is 359. The predicted molar refractivity (Wildman–Crippen MR) is 73.9 cm³/mol. The summed E-state index contributed by atoms with van der Waals surface area (Å²) in [6.45, 7) is 5.87. The predicted octanol–water partition coefficient (Wildman–Crippen LogP) is 3.28. The van der Waals surface area contributed by atoms with Gasteiger partial charge in [0.25, 0.3) is 0 Å². The lowest BCUT2D eigenvalue weighted by atomic mass is 9.87. The van der Waals surface area contributed by atoms with Crippen molar-refractivity contribution < 1.29 is 9.84 Å². The van der Waals surface area contributed by atoms with Crippen LogP contribution in [0.3, 0.4) is 0 Å². The quantitative estimate of drug-likeness (QED) is 0.889. The summed E-state index contributed by atoms with van der Waals surface area (Å²) < 4.78 is 5.42. The van der Waals surface area contributed by atoms with Crippen LogP contribution in [0.4, 0.5) is 0 Å². The third-order valence-electron chi connectivity index (χ3n) is 3.82. The van der Waals surface area contributed by atoms with Crippen LogP contribution in [-0.4, -0.2) is 23.9 Å². The third kappa shape index (κ3) is 3.56. The summed E-state index contributed by atoms with van der Waals surface area (Å²) in [6, 6.07) is 8.66. The largest absolute Gasteiger partial charge is 0.389 e. The molecule has 1 fully saturated rings. The summed E-state index contributed by atoms with van der Waals surface area (Å²) in [4.78, 5) is 0. The van der Waals surface area contributed by atoms with Crippen LogP contribution in [0, 0.1) is 0 Å². The number of rotatable bonds is 3. The van der Waals surface area contributed by atoms with Crippen molar-refractivity contribution in [3.8, 4) is 0 Å². The molecule has 2 nitrogen and oxygen atoms in total. The van der Waals surface area contributed by atoms with Crippen LogP contribution in [0.15, 0.2) is 24.3 Å². The lowest BCUT2D eigenvalue weighted by Crippen LogP contribution is -2.31. The molecule has 1 aliphatic heterocycles. The maximum Gasteiger partial charge on any atom is 0.0710 e. The van der Waals surface area contributed by atoms with E-state index >= 15 is 0 Å². The van der Waals surface area contributed by atoms with Gasteiger partial charge in [-0.2, -0.15) is 0 Å². The minimum absolute atomic E-state index is 0.563. The molecule has 1 N–H and O–H groups in total. The van der Waals surface area contributed by atoms with Gasteiger partial charge < -0.3 is 9.84 Å². The number of hydrogen-bond acceptors (Lipinski definition) is 2. The Balaban J connectivity index is 2.03. The van der Waals surface area contributed by atoms with Gasteiger partial charge >= 0.3 is 0 Å². The fraction of sp³-hybridized carbons (Fsp3) is 0.625. The van der Waals surface area contributed by atoms with Crippen LogP contribution in [0.1, 0.15) is 50.2 Å². The second-order valence-corrected chi connectivity index (χ2v) is 5.76. The fourth-order valence-electron chi connectivity index (χ4n) is 2.57. The number of ether oxygens (including phenoxy) is 1. The van der Waals surface area contributed by atoms with Crippen LogP contribution in [0.2, 0.25) is 0 Å². The molecule has 0 radical (unpaired) electrons. The van der Waals surface area contributed by atoms with E-state index in [4.69, 9.17) is 4.74 Å². The fourth-order valence-corrected chi connectivity index (χ4v) is 2.57. The van der Waals surface area contributed by atoms with E-state index in [1.165, 1.54) is 11.1 Å². The highest BCUT2D eigenvalue weighted by Crippen LogP contribution is 2.26. The van der Waals surface area contributed by atoms with Crippen molar-refractivity contribution >= 4 is 0 Å². The van der Waals surface area contributed by atoms with Crippen molar-refractivity contribution in [1.82, 2.24) is 0 Å². The van der Waals surface area contributed by atoms with Gasteiger partial charge in [0.1, 0.15) is 0 Å². The Kier molecular flexibility index (Phi) is 4.41. The van der Waals surface area contributed by atoms with Gasteiger partial charge in [-0.1, -0.05) is 38.1 Å². The van der Waals surface area contributed by atoms with E-state index < -0.39 is 5.60 Å². The molecule has 0 amide bonds. The van der Waals surface area contributed by atoms with Gasteiger partial charge in [-0.15, -0.1) is 0 Å². The summed E-state index contributed by atoms with van der Waals surface area (Å²) in [5.41, 5.74) is 2.01. The summed E-state index contributed by atoms with van der Waals surface area (Å²) >= 11 is 0. The lowest BCUT2D eigenvalue weighted by molar-refractivity contribution is 0.0189. The summed E-state index contributed by atoms with van der Waals surface area (Å²) in [6.07, 6.45) is 3.30. The van der Waals surface area contributed by atoms with E-state index in [0.29, 0.717) is 12.5 Å². The van der Waals surface area contributed by atoms with Crippen LogP contribution in [0.5, 0.6) is 0 Å². The van der Waals surface area contributed by atoms with Gasteiger partial charge in [0, 0.05) is 19.6 Å². The first kappa shape index (κ1) is 13.6. The molecule has 18 heavy (non-hydrogen) atoms. The summed E-state index contributed by atoms with van der Waals surface area (Å²) in [7, 11) is 0. The van der Waals surface area contributed by atoms with Crippen molar-refractivity contribution in [2.24, 2.45) is 0 Å². The Hall–Kier alpha value is -0.860. The van der Waals surface area contributed by atoms with E-state index in [2.05, 4.69) is 38.1 Å². The van der Waals surface area contributed by atoms with Gasteiger partial charge in [0.2, 0.25) is 0 Å². The van der Waals surface area contributed by atoms with Gasteiger partial charge in [-0.3, -0.25) is 0 Å². The van der Waals surface area contributed by atoms with Gasteiger partial charge in [0.05, 0.1) is 5.60 Å². The maximum atomic E-state index is 10.6. The monoisotopic (exact) mass is 248 g/mol. The SMILES string of the molecule is CC(C)c1ccc(CC2(O)CCCOCC2)cc1. The topological polar surface area (TPSA) is 29.5 Å². The molecule has 1 atom stereocenters. The molecule has 100 valence electrons. The Morgan fingerprint density at radius 1 is 1.17 bits per heavy atom. The van der Waals surface area contributed by atoms with E-state index in [9.17, 15) is 5.11 Å². The molecule has 1 heterocycles. The minimum atomic E-state index is -0.574. The molecule has 0 spiro atoms. The van der Waals surface area contributed by atoms with Gasteiger partial charge in [0.15, 0.2) is 0 Å². The van der Waals surface area contributed by atoms with Crippen LogP contribution in [0.25, 0.3) is 0 Å². The average Bonchev–Trinajstić information content (AvgIpc) is 2.55.